The Labute approximate surface area is 140 Å². The van der Waals surface area contributed by atoms with Gasteiger partial charge in [-0.25, -0.2) is 4.98 Å². The molecule has 1 amide bonds. The average molecular weight is 327 g/mol. The summed E-state index contributed by atoms with van der Waals surface area (Å²) in [5.41, 5.74) is 6.46. The summed E-state index contributed by atoms with van der Waals surface area (Å²) >= 11 is 1.60. The van der Waals surface area contributed by atoms with E-state index in [0.717, 1.165) is 17.0 Å². The number of aromatic amines is 1. The molecule has 4 nitrogen and oxygen atoms in total. The molecule has 0 saturated heterocycles. The van der Waals surface area contributed by atoms with E-state index in [2.05, 4.69) is 35.1 Å². The molecule has 5 heteroatoms. The Morgan fingerprint density at radius 2 is 2.17 bits per heavy atom. The highest BCUT2D eigenvalue weighted by Crippen LogP contribution is 2.22. The summed E-state index contributed by atoms with van der Waals surface area (Å²) in [6.07, 6.45) is 3.31. The van der Waals surface area contributed by atoms with Crippen molar-refractivity contribution in [1.29, 1.82) is 0 Å². The monoisotopic (exact) mass is 327 g/mol. The lowest BCUT2D eigenvalue weighted by atomic mass is 10.1. The lowest BCUT2D eigenvalue weighted by Crippen LogP contribution is -2.26. The van der Waals surface area contributed by atoms with Crippen molar-refractivity contribution < 1.29 is 4.79 Å². The van der Waals surface area contributed by atoms with Crippen molar-refractivity contribution in [3.8, 4) is 0 Å². The second-order valence-electron chi connectivity index (χ2n) is 5.92. The van der Waals surface area contributed by atoms with Crippen molar-refractivity contribution in [2.45, 2.75) is 33.2 Å². The van der Waals surface area contributed by atoms with E-state index in [1.165, 1.54) is 22.0 Å². The zero-order chi connectivity index (χ0) is 16.4. The maximum atomic E-state index is 12.4. The van der Waals surface area contributed by atoms with Gasteiger partial charge in [0, 0.05) is 35.4 Å². The van der Waals surface area contributed by atoms with Crippen LogP contribution >= 0.6 is 11.3 Å². The molecule has 3 aromatic rings. The predicted octanol–water partition coefficient (Wildman–Crippen LogP) is 3.83. The molecule has 0 unspecified atom stereocenters. The first-order valence-corrected chi connectivity index (χ1v) is 8.62. The van der Waals surface area contributed by atoms with Crippen LogP contribution in [0, 0.1) is 13.8 Å². The fourth-order valence-electron chi connectivity index (χ4n) is 2.78. The molecule has 0 bridgehead atoms. The molecule has 2 aromatic heterocycles. The number of aryl methyl sites for hydroxylation is 3. The van der Waals surface area contributed by atoms with E-state index in [9.17, 15) is 4.79 Å². The number of carbonyl (C=O) groups excluding carboxylic acids is 1. The largest absolute Gasteiger partial charge is 0.361 e. The molecule has 0 aliphatic carbocycles. The number of hydrogen-bond donors (Lipinski definition) is 1. The summed E-state index contributed by atoms with van der Waals surface area (Å²) in [5, 5.41) is 1.22. The Hall–Kier alpha value is -2.14. The number of para-hydroxylation sites is 1. The number of nitrogens with zero attached hydrogens (tertiary/aromatic N) is 2. The molecule has 0 fully saturated rings. The number of hydrogen-bond acceptors (Lipinski definition) is 3. The molecular formula is C18H21N3OS. The van der Waals surface area contributed by atoms with Crippen LogP contribution < -0.4 is 0 Å². The summed E-state index contributed by atoms with van der Waals surface area (Å²) in [6.45, 7) is 4.72. The van der Waals surface area contributed by atoms with Crippen molar-refractivity contribution in [2.24, 2.45) is 0 Å². The predicted molar refractivity (Wildman–Crippen MR) is 94.7 cm³/mol. The molecule has 1 aromatic carbocycles. The van der Waals surface area contributed by atoms with E-state index >= 15 is 0 Å². The fraction of sp³-hybridized carbons (Fsp3) is 0.333. The average Bonchev–Trinajstić information content (AvgIpc) is 3.12. The first-order chi connectivity index (χ1) is 11.1. The maximum Gasteiger partial charge on any atom is 0.222 e. The van der Waals surface area contributed by atoms with Gasteiger partial charge < -0.3 is 9.88 Å². The third-order valence-electron chi connectivity index (χ3n) is 4.27. The van der Waals surface area contributed by atoms with E-state index in [4.69, 9.17) is 0 Å². The summed E-state index contributed by atoms with van der Waals surface area (Å²) in [6, 6.07) is 6.28. The van der Waals surface area contributed by atoms with Gasteiger partial charge in [0.15, 0.2) is 0 Å². The number of aromatic nitrogens is 2. The summed E-state index contributed by atoms with van der Waals surface area (Å²) in [7, 11) is 1.86. The summed E-state index contributed by atoms with van der Waals surface area (Å²) < 4.78 is 0. The third-order valence-corrected chi connectivity index (χ3v) is 5.19. The Kier molecular flexibility index (Phi) is 4.48. The van der Waals surface area contributed by atoms with Crippen molar-refractivity contribution in [3.05, 3.63) is 51.6 Å². The van der Waals surface area contributed by atoms with Gasteiger partial charge in [-0.1, -0.05) is 18.2 Å². The second kappa shape index (κ2) is 6.54. The number of thiazole rings is 1. The molecular weight excluding hydrogens is 306 g/mol. The molecule has 3 rings (SSSR count). The van der Waals surface area contributed by atoms with Crippen LogP contribution in [0.25, 0.3) is 10.9 Å². The van der Waals surface area contributed by atoms with Gasteiger partial charge >= 0.3 is 0 Å². The van der Waals surface area contributed by atoms with E-state index in [1.54, 1.807) is 16.2 Å². The molecule has 0 radical (unpaired) electrons. The lowest BCUT2D eigenvalue weighted by Gasteiger charge is -2.16. The SMILES string of the molecule is Cc1ncsc1CN(C)C(=O)CCc1c[nH]c2c(C)cccc12. The molecule has 0 aliphatic rings. The molecule has 1 N–H and O–H groups in total. The summed E-state index contributed by atoms with van der Waals surface area (Å²) in [4.78, 5) is 22.9. The van der Waals surface area contributed by atoms with Crippen LogP contribution in [0.4, 0.5) is 0 Å². The number of rotatable bonds is 5. The molecule has 0 spiro atoms. The zero-order valence-electron chi connectivity index (χ0n) is 13.7. The van der Waals surface area contributed by atoms with Gasteiger partial charge in [0.2, 0.25) is 5.91 Å². The van der Waals surface area contributed by atoms with Gasteiger partial charge in [-0.15, -0.1) is 11.3 Å². The maximum absolute atomic E-state index is 12.4. The lowest BCUT2D eigenvalue weighted by molar-refractivity contribution is -0.130. The van der Waals surface area contributed by atoms with Crippen LogP contribution in [0.15, 0.2) is 29.9 Å². The minimum Gasteiger partial charge on any atom is -0.361 e. The Balaban J connectivity index is 1.64. The van der Waals surface area contributed by atoms with Crippen LogP contribution in [0.3, 0.4) is 0 Å². The zero-order valence-corrected chi connectivity index (χ0v) is 14.5. The standard InChI is InChI=1S/C18H21N3OS/c1-12-5-4-6-15-14(9-19-18(12)15)7-8-17(22)21(3)10-16-13(2)20-11-23-16/h4-6,9,11,19H,7-8,10H2,1-3H3. The highest BCUT2D eigenvalue weighted by molar-refractivity contribution is 7.09. The van der Waals surface area contributed by atoms with Crippen LogP contribution in [0.1, 0.15) is 28.1 Å². The van der Waals surface area contributed by atoms with E-state index < -0.39 is 0 Å². The van der Waals surface area contributed by atoms with E-state index in [0.29, 0.717) is 13.0 Å². The Morgan fingerprint density at radius 3 is 2.91 bits per heavy atom. The Morgan fingerprint density at radius 1 is 1.35 bits per heavy atom. The van der Waals surface area contributed by atoms with Crippen LogP contribution in [0.2, 0.25) is 0 Å². The number of H-pyrrole nitrogens is 1. The minimum atomic E-state index is 0.166. The number of benzene rings is 1. The fourth-order valence-corrected chi connectivity index (χ4v) is 3.61. The van der Waals surface area contributed by atoms with Gasteiger partial charge in [0.1, 0.15) is 0 Å². The highest BCUT2D eigenvalue weighted by Gasteiger charge is 2.13. The van der Waals surface area contributed by atoms with Gasteiger partial charge in [0.25, 0.3) is 0 Å². The number of carbonyl (C=O) groups is 1. The smallest absolute Gasteiger partial charge is 0.222 e. The number of amides is 1. The van der Waals surface area contributed by atoms with Crippen LogP contribution in [0.5, 0.6) is 0 Å². The quantitative estimate of drug-likeness (QED) is 0.774. The van der Waals surface area contributed by atoms with Gasteiger partial charge in [-0.2, -0.15) is 0 Å². The molecule has 0 saturated carbocycles. The van der Waals surface area contributed by atoms with Crippen molar-refractivity contribution in [1.82, 2.24) is 14.9 Å². The normalized spacial score (nSPS) is 11.1. The van der Waals surface area contributed by atoms with Gasteiger partial charge in [-0.05, 0) is 31.4 Å². The van der Waals surface area contributed by atoms with Gasteiger partial charge in [0.05, 0.1) is 17.7 Å². The third kappa shape index (κ3) is 3.29. The minimum absolute atomic E-state index is 0.166. The van der Waals surface area contributed by atoms with Crippen molar-refractivity contribution in [2.75, 3.05) is 7.05 Å². The van der Waals surface area contributed by atoms with Crippen molar-refractivity contribution in [3.63, 3.8) is 0 Å². The second-order valence-corrected chi connectivity index (χ2v) is 6.86. The molecule has 0 aliphatic heterocycles. The topological polar surface area (TPSA) is 49.0 Å². The van der Waals surface area contributed by atoms with Crippen LogP contribution in [-0.2, 0) is 17.8 Å². The number of fused-ring (bicyclic) bond motifs is 1. The van der Waals surface area contributed by atoms with Crippen LogP contribution in [-0.4, -0.2) is 27.8 Å². The van der Waals surface area contributed by atoms with Crippen molar-refractivity contribution >= 4 is 28.1 Å². The highest BCUT2D eigenvalue weighted by atomic mass is 32.1. The summed E-state index contributed by atoms with van der Waals surface area (Å²) in [5.74, 6) is 0.166. The van der Waals surface area contributed by atoms with E-state index in [-0.39, 0.29) is 5.91 Å². The molecule has 23 heavy (non-hydrogen) atoms. The molecule has 2 heterocycles. The number of nitrogens with one attached hydrogen (secondary N) is 1. The van der Waals surface area contributed by atoms with Gasteiger partial charge in [-0.3, -0.25) is 4.79 Å². The Bertz CT molecular complexity index is 834. The molecule has 0 atom stereocenters. The first kappa shape index (κ1) is 15.7. The first-order valence-electron chi connectivity index (χ1n) is 7.74. The molecule has 120 valence electrons. The van der Waals surface area contributed by atoms with E-state index in [1.807, 2.05) is 25.7 Å².